The lowest BCUT2D eigenvalue weighted by molar-refractivity contribution is -0.142. The van der Waals surface area contributed by atoms with E-state index in [0.29, 0.717) is 37.7 Å². The Hall–Kier alpha value is -1.79. The predicted molar refractivity (Wildman–Crippen MR) is 133 cm³/mol. The molecule has 0 radical (unpaired) electrons. The topological polar surface area (TPSA) is 95.9 Å². The Bertz CT molecular complexity index is 750. The quantitative estimate of drug-likeness (QED) is 0.282. The SMILES string of the molecule is CCNC(=NCc1ccc(OCCO)c(OC)c1)N1CCN(C(=O)C2CCCO2)CC1.I. The van der Waals surface area contributed by atoms with E-state index in [-0.39, 0.29) is 49.2 Å². The lowest BCUT2D eigenvalue weighted by Crippen LogP contribution is -2.55. The number of rotatable bonds is 8. The molecule has 1 amide bonds. The number of aliphatic imine (C=N–C) groups is 1. The first kappa shape index (κ1) is 26.5. The summed E-state index contributed by atoms with van der Waals surface area (Å²) in [6, 6.07) is 5.68. The molecule has 0 spiro atoms. The van der Waals surface area contributed by atoms with Gasteiger partial charge in [0.2, 0.25) is 0 Å². The normalized spacial score (nSPS) is 18.8. The van der Waals surface area contributed by atoms with Gasteiger partial charge in [-0.1, -0.05) is 6.07 Å². The number of piperazine rings is 1. The van der Waals surface area contributed by atoms with Gasteiger partial charge >= 0.3 is 0 Å². The zero-order valence-electron chi connectivity index (χ0n) is 18.9. The van der Waals surface area contributed by atoms with Crippen LogP contribution in [-0.4, -0.2) is 92.5 Å². The Morgan fingerprint density at radius 1 is 1.25 bits per heavy atom. The van der Waals surface area contributed by atoms with E-state index in [2.05, 4.69) is 10.2 Å². The van der Waals surface area contributed by atoms with Gasteiger partial charge in [0.15, 0.2) is 17.5 Å². The van der Waals surface area contributed by atoms with Crippen molar-refractivity contribution in [2.24, 2.45) is 4.99 Å². The molecule has 2 heterocycles. The largest absolute Gasteiger partial charge is 0.493 e. The molecule has 1 unspecified atom stereocenters. The number of benzene rings is 1. The van der Waals surface area contributed by atoms with Crippen molar-refractivity contribution in [2.75, 3.05) is 59.7 Å². The van der Waals surface area contributed by atoms with Gasteiger partial charge < -0.3 is 34.4 Å². The van der Waals surface area contributed by atoms with E-state index in [4.69, 9.17) is 24.3 Å². The lowest BCUT2D eigenvalue weighted by Gasteiger charge is -2.37. The molecule has 3 rings (SSSR count). The average Bonchev–Trinajstić information content (AvgIpc) is 3.35. The van der Waals surface area contributed by atoms with Crippen molar-refractivity contribution in [1.29, 1.82) is 0 Å². The molecule has 1 aromatic rings. The Kier molecular flexibility index (Phi) is 11.3. The van der Waals surface area contributed by atoms with E-state index >= 15 is 0 Å². The van der Waals surface area contributed by atoms with Gasteiger partial charge in [-0.3, -0.25) is 4.79 Å². The first-order valence-corrected chi connectivity index (χ1v) is 11.0. The third-order valence-corrected chi connectivity index (χ3v) is 5.42. The van der Waals surface area contributed by atoms with Crippen LogP contribution in [0.1, 0.15) is 25.3 Å². The van der Waals surface area contributed by atoms with Gasteiger partial charge in [-0.05, 0) is 37.5 Å². The molecule has 0 aliphatic carbocycles. The third kappa shape index (κ3) is 7.11. The third-order valence-electron chi connectivity index (χ3n) is 5.42. The highest BCUT2D eigenvalue weighted by atomic mass is 127. The van der Waals surface area contributed by atoms with Crippen molar-refractivity contribution < 1.29 is 24.1 Å². The van der Waals surface area contributed by atoms with Crippen LogP contribution in [0.4, 0.5) is 0 Å². The number of carbonyl (C=O) groups is 1. The number of nitrogens with zero attached hydrogens (tertiary/aromatic N) is 3. The molecule has 2 fully saturated rings. The number of halogens is 1. The number of methoxy groups -OCH3 is 1. The number of guanidine groups is 1. The summed E-state index contributed by atoms with van der Waals surface area (Å²) in [4.78, 5) is 21.5. The number of hydrogen-bond acceptors (Lipinski definition) is 6. The summed E-state index contributed by atoms with van der Waals surface area (Å²) >= 11 is 0. The summed E-state index contributed by atoms with van der Waals surface area (Å²) in [5.74, 6) is 2.18. The van der Waals surface area contributed by atoms with Crippen molar-refractivity contribution in [3.63, 3.8) is 0 Å². The smallest absolute Gasteiger partial charge is 0.251 e. The molecule has 10 heteroatoms. The molecule has 32 heavy (non-hydrogen) atoms. The molecule has 2 saturated heterocycles. The molecule has 2 N–H and O–H groups in total. The van der Waals surface area contributed by atoms with Crippen molar-refractivity contribution in [1.82, 2.24) is 15.1 Å². The monoisotopic (exact) mass is 562 g/mol. The molecule has 1 aromatic carbocycles. The fourth-order valence-electron chi connectivity index (χ4n) is 3.79. The van der Waals surface area contributed by atoms with Crippen LogP contribution in [0.5, 0.6) is 11.5 Å². The highest BCUT2D eigenvalue weighted by Crippen LogP contribution is 2.28. The summed E-state index contributed by atoms with van der Waals surface area (Å²) in [6.45, 7) is 6.99. The maximum atomic E-state index is 12.6. The highest BCUT2D eigenvalue weighted by Gasteiger charge is 2.30. The molecular weight excluding hydrogens is 527 g/mol. The maximum absolute atomic E-state index is 12.6. The van der Waals surface area contributed by atoms with Crippen LogP contribution in [0, 0.1) is 0 Å². The second kappa shape index (κ2) is 13.7. The van der Waals surface area contributed by atoms with E-state index in [1.54, 1.807) is 7.11 Å². The van der Waals surface area contributed by atoms with Gasteiger partial charge in [0.1, 0.15) is 12.7 Å². The van der Waals surface area contributed by atoms with E-state index in [1.807, 2.05) is 30.0 Å². The number of ether oxygens (including phenoxy) is 3. The minimum absolute atomic E-state index is 0. The van der Waals surface area contributed by atoms with Crippen LogP contribution in [0.15, 0.2) is 23.2 Å². The highest BCUT2D eigenvalue weighted by molar-refractivity contribution is 14.0. The fraction of sp³-hybridized carbons (Fsp3) is 0.636. The molecule has 1 atom stereocenters. The van der Waals surface area contributed by atoms with Crippen molar-refractivity contribution >= 4 is 35.8 Å². The van der Waals surface area contributed by atoms with Crippen LogP contribution in [0.3, 0.4) is 0 Å². The van der Waals surface area contributed by atoms with Crippen LogP contribution in [0.25, 0.3) is 0 Å². The Labute approximate surface area is 207 Å². The molecule has 0 aromatic heterocycles. The van der Waals surface area contributed by atoms with E-state index < -0.39 is 0 Å². The standard InChI is InChI=1S/C22H34N4O5.HI/c1-3-23-22(24-16-17-6-7-18(31-14-12-27)20(15-17)29-2)26-10-8-25(9-11-26)21(28)19-5-4-13-30-19;/h6-7,15,19,27H,3-5,8-14,16H2,1-2H3,(H,23,24);1H. The number of hydrogen-bond donors (Lipinski definition) is 2. The first-order valence-electron chi connectivity index (χ1n) is 11.0. The van der Waals surface area contributed by atoms with Crippen molar-refractivity contribution in [3.05, 3.63) is 23.8 Å². The number of aliphatic hydroxyl groups is 1. The molecule has 0 saturated carbocycles. The molecule has 180 valence electrons. The van der Waals surface area contributed by atoms with E-state index in [9.17, 15) is 4.79 Å². The Balaban J connectivity index is 0.00000363. The van der Waals surface area contributed by atoms with Gasteiger partial charge in [-0.25, -0.2) is 4.99 Å². The molecule has 9 nitrogen and oxygen atoms in total. The summed E-state index contributed by atoms with van der Waals surface area (Å²) in [7, 11) is 1.59. The van der Waals surface area contributed by atoms with Crippen molar-refractivity contribution in [2.45, 2.75) is 32.4 Å². The van der Waals surface area contributed by atoms with Crippen molar-refractivity contribution in [3.8, 4) is 11.5 Å². The second-order valence-electron chi connectivity index (χ2n) is 7.54. The Morgan fingerprint density at radius 2 is 2.00 bits per heavy atom. The second-order valence-corrected chi connectivity index (χ2v) is 7.54. The van der Waals surface area contributed by atoms with E-state index in [0.717, 1.165) is 44.0 Å². The summed E-state index contributed by atoms with van der Waals surface area (Å²) < 4.78 is 16.4. The van der Waals surface area contributed by atoms with Crippen LogP contribution in [0.2, 0.25) is 0 Å². The van der Waals surface area contributed by atoms with Gasteiger partial charge in [0, 0.05) is 39.3 Å². The molecular formula is C22H35IN4O5. The Morgan fingerprint density at radius 3 is 2.62 bits per heavy atom. The van der Waals surface area contributed by atoms with Gasteiger partial charge in [0.25, 0.3) is 5.91 Å². The first-order chi connectivity index (χ1) is 15.2. The van der Waals surface area contributed by atoms with Gasteiger partial charge in [-0.15, -0.1) is 24.0 Å². The summed E-state index contributed by atoms with van der Waals surface area (Å²) in [6.07, 6.45) is 1.54. The molecule has 2 aliphatic heterocycles. The predicted octanol–water partition coefficient (Wildman–Crippen LogP) is 1.47. The number of aliphatic hydroxyl groups excluding tert-OH is 1. The average molecular weight is 562 g/mol. The lowest BCUT2D eigenvalue weighted by atomic mass is 10.2. The zero-order chi connectivity index (χ0) is 22.1. The molecule has 2 aliphatic rings. The zero-order valence-corrected chi connectivity index (χ0v) is 21.2. The van der Waals surface area contributed by atoms with Gasteiger partial charge in [-0.2, -0.15) is 0 Å². The van der Waals surface area contributed by atoms with Crippen LogP contribution < -0.4 is 14.8 Å². The summed E-state index contributed by atoms with van der Waals surface area (Å²) in [5, 5.41) is 12.3. The summed E-state index contributed by atoms with van der Waals surface area (Å²) in [5.41, 5.74) is 0.996. The minimum Gasteiger partial charge on any atom is -0.493 e. The van der Waals surface area contributed by atoms with Gasteiger partial charge in [0.05, 0.1) is 20.3 Å². The minimum atomic E-state index is -0.257. The maximum Gasteiger partial charge on any atom is 0.251 e. The van der Waals surface area contributed by atoms with E-state index in [1.165, 1.54) is 0 Å². The number of nitrogens with one attached hydrogen (secondary N) is 1. The number of amides is 1. The molecule has 0 bridgehead atoms. The van der Waals surface area contributed by atoms with Crippen LogP contribution >= 0.6 is 24.0 Å². The van der Waals surface area contributed by atoms with Crippen LogP contribution in [-0.2, 0) is 16.1 Å². The fourth-order valence-corrected chi connectivity index (χ4v) is 3.79. The number of carbonyl (C=O) groups excluding carboxylic acids is 1.